The number of anilines is 2. The summed E-state index contributed by atoms with van der Waals surface area (Å²) < 4.78 is 100. The molecule has 7 nitrogen and oxygen atoms in total. The van der Waals surface area contributed by atoms with Gasteiger partial charge >= 0.3 is 0 Å². The lowest BCUT2D eigenvalue weighted by atomic mass is 9.95. The third-order valence-corrected chi connectivity index (χ3v) is 11.6. The first kappa shape index (κ1) is 28.0. The van der Waals surface area contributed by atoms with Crippen molar-refractivity contribution in [1.82, 2.24) is 14.1 Å². The van der Waals surface area contributed by atoms with E-state index in [4.69, 9.17) is 23.4 Å². The van der Waals surface area contributed by atoms with Crippen molar-refractivity contribution in [2.24, 2.45) is 0 Å². The van der Waals surface area contributed by atoms with Gasteiger partial charge in [-0.15, -0.1) is 0 Å². The quantitative estimate of drug-likeness (QED) is 0.107. The Morgan fingerprint density at radius 1 is 0.629 bits per heavy atom. The van der Waals surface area contributed by atoms with E-state index in [0.717, 1.165) is 59.2 Å². The lowest BCUT2D eigenvalue weighted by Gasteiger charge is -2.29. The Morgan fingerprint density at radius 2 is 1.31 bits per heavy atom. The van der Waals surface area contributed by atoms with Crippen LogP contribution in [-0.2, 0) is 0 Å². The maximum Gasteiger partial charge on any atom is 0.269 e. The third kappa shape index (κ3) is 6.63. The molecule has 1 saturated heterocycles. The van der Waals surface area contributed by atoms with E-state index < -0.39 is 60.4 Å². The number of para-hydroxylation sites is 3. The molecule has 0 atom stereocenters. The average Bonchev–Trinajstić information content (AvgIpc) is 3.95. The minimum absolute atomic E-state index is 0.133. The molecule has 1 aliphatic rings. The fourth-order valence-electron chi connectivity index (χ4n) is 8.77. The van der Waals surface area contributed by atoms with Crippen LogP contribution in [-0.4, -0.2) is 41.3 Å². The zero-order chi connectivity index (χ0) is 50.3. The molecular weight excluding hydrogens is 761 g/mol. The van der Waals surface area contributed by atoms with Gasteiger partial charge in [-0.05, 0) is 90.0 Å². The van der Waals surface area contributed by atoms with Crippen molar-refractivity contribution < 1.29 is 23.0 Å². The number of ether oxygens (including phenoxy) is 1. The van der Waals surface area contributed by atoms with E-state index in [9.17, 15) is 0 Å². The van der Waals surface area contributed by atoms with Crippen LogP contribution in [0.25, 0.3) is 72.3 Å². The van der Waals surface area contributed by atoms with Crippen LogP contribution < -0.4 is 19.1 Å². The fourth-order valence-corrected chi connectivity index (χ4v) is 8.77. The summed E-state index contributed by atoms with van der Waals surface area (Å²) in [7, 11) is 3.75. The molecule has 0 radical (unpaired) electrons. The van der Waals surface area contributed by atoms with Gasteiger partial charge in [0.05, 0.1) is 41.6 Å². The first-order valence-electron chi connectivity index (χ1n) is 25.7. The molecule has 1 fully saturated rings. The number of fused-ring (bicyclic) bond motifs is 4. The Bertz CT molecular complexity index is 3700. The van der Waals surface area contributed by atoms with Crippen molar-refractivity contribution in [3.8, 4) is 50.9 Å². The number of hydrogen-bond donors (Lipinski definition) is 0. The van der Waals surface area contributed by atoms with Crippen LogP contribution in [0.2, 0.25) is 0 Å². The predicted molar refractivity (Wildman–Crippen MR) is 254 cm³/mol. The van der Waals surface area contributed by atoms with E-state index in [2.05, 4.69) is 46.1 Å². The lowest BCUT2D eigenvalue weighted by Crippen LogP contribution is -2.32. The topological polar surface area (TPSA) is 42.3 Å². The second kappa shape index (κ2) is 15.8. The second-order valence-electron chi connectivity index (χ2n) is 15.6. The number of piperidine rings is 1. The zero-order valence-electron chi connectivity index (χ0n) is 44.2. The summed E-state index contributed by atoms with van der Waals surface area (Å²) in [5.74, 6) is 1.93. The molecule has 0 N–H and O–H groups in total. The van der Waals surface area contributed by atoms with Crippen LogP contribution in [0, 0.1) is 6.33 Å². The fraction of sp³-hybridized carbons (Fsp3) is 0.127. The van der Waals surface area contributed by atoms with Crippen molar-refractivity contribution in [1.29, 1.82) is 0 Å². The van der Waals surface area contributed by atoms with Gasteiger partial charge in [-0.2, -0.15) is 0 Å². The Kier molecular flexibility index (Phi) is 7.11. The van der Waals surface area contributed by atoms with Crippen molar-refractivity contribution in [2.75, 3.05) is 37.0 Å². The highest BCUT2D eigenvalue weighted by Crippen LogP contribution is 2.38. The number of hydrogen-bond acceptors (Lipinski definition) is 4. The molecule has 0 amide bonds. The number of nitrogens with zero attached hydrogens (tertiary/aromatic N) is 6. The van der Waals surface area contributed by atoms with Gasteiger partial charge in [0.1, 0.15) is 22.8 Å². The lowest BCUT2D eigenvalue weighted by molar-refractivity contribution is -0.570. The van der Waals surface area contributed by atoms with Crippen molar-refractivity contribution >= 4 is 44.2 Å². The zero-order valence-corrected chi connectivity index (χ0v) is 34.2. The summed E-state index contributed by atoms with van der Waals surface area (Å²) in [6, 6.07) is 31.4. The third-order valence-electron chi connectivity index (χ3n) is 11.6. The molecule has 0 unspecified atom stereocenters. The van der Waals surface area contributed by atoms with Crippen LogP contribution in [0.5, 0.6) is 11.5 Å². The Labute approximate surface area is 376 Å². The first-order valence-corrected chi connectivity index (χ1v) is 20.7. The van der Waals surface area contributed by atoms with E-state index in [1.54, 1.807) is 22.8 Å². The number of aromatic nitrogens is 4. The molecule has 11 rings (SSSR count). The summed E-state index contributed by atoms with van der Waals surface area (Å²) in [4.78, 5) is 9.22. The Hall–Kier alpha value is -7.64. The molecule has 7 aromatic carbocycles. The SMILES string of the molecule is [2H]c1c([2H])c([2H])c(-c2cccc(-c3c([2H])c([2H])c([2H])c([2H])c3[2H])c2-[n+]2[c-]n(-c3cccc(Oc4ccc5c6ccccc6n(-c6cc(N7CCCCC7)ccn6)c5c4)c3)c3cccc(N(C)C)c32)c([2H])c1[2H]. The summed E-state index contributed by atoms with van der Waals surface area (Å²) >= 11 is 0. The molecule has 0 spiro atoms. The molecule has 4 heterocycles. The van der Waals surface area contributed by atoms with Crippen molar-refractivity contribution in [3.05, 3.63) is 188 Å². The first-order chi connectivity index (χ1) is 34.7. The Balaban J connectivity index is 1.09. The van der Waals surface area contributed by atoms with Gasteiger partial charge < -0.3 is 14.5 Å². The summed E-state index contributed by atoms with van der Waals surface area (Å²) in [5.41, 5.74) is 5.88. The van der Waals surface area contributed by atoms with E-state index in [1.807, 2.05) is 96.5 Å². The summed E-state index contributed by atoms with van der Waals surface area (Å²) in [6.45, 7) is 2.03. The van der Waals surface area contributed by atoms with Gasteiger partial charge in [0.15, 0.2) is 0 Å². The molecule has 1 aliphatic heterocycles. The molecule has 0 aliphatic carbocycles. The van der Waals surface area contributed by atoms with E-state index >= 15 is 0 Å². The van der Waals surface area contributed by atoms with E-state index in [0.29, 0.717) is 33.9 Å². The monoisotopic (exact) mass is 816 g/mol. The molecule has 7 heteroatoms. The molecule has 10 aromatic rings. The van der Waals surface area contributed by atoms with Gasteiger partial charge in [-0.1, -0.05) is 115 Å². The van der Waals surface area contributed by atoms with Crippen LogP contribution >= 0.6 is 0 Å². The number of pyridine rings is 1. The minimum atomic E-state index is -0.567. The van der Waals surface area contributed by atoms with Crippen molar-refractivity contribution in [3.63, 3.8) is 0 Å². The molecule has 302 valence electrons. The van der Waals surface area contributed by atoms with Crippen LogP contribution in [0.3, 0.4) is 0 Å². The van der Waals surface area contributed by atoms with Gasteiger partial charge in [0.2, 0.25) is 0 Å². The van der Waals surface area contributed by atoms with Crippen LogP contribution in [0.4, 0.5) is 11.4 Å². The molecule has 0 saturated carbocycles. The van der Waals surface area contributed by atoms with Crippen LogP contribution in [0.1, 0.15) is 33.0 Å². The smallest absolute Gasteiger partial charge is 0.269 e. The van der Waals surface area contributed by atoms with Gasteiger partial charge in [0, 0.05) is 67.7 Å². The van der Waals surface area contributed by atoms with Gasteiger partial charge in [-0.3, -0.25) is 13.7 Å². The highest BCUT2D eigenvalue weighted by Gasteiger charge is 2.23. The molecule has 3 aromatic heterocycles. The number of rotatable bonds is 9. The van der Waals surface area contributed by atoms with Gasteiger partial charge in [-0.25, -0.2) is 4.98 Å². The largest absolute Gasteiger partial charge is 0.458 e. The molecule has 0 bridgehead atoms. The molecular formula is C55H46N6O. The summed E-state index contributed by atoms with van der Waals surface area (Å²) in [6.07, 6.45) is 8.96. The summed E-state index contributed by atoms with van der Waals surface area (Å²) in [5, 5.41) is 2.15. The highest BCUT2D eigenvalue weighted by molar-refractivity contribution is 6.09. The van der Waals surface area contributed by atoms with Gasteiger partial charge in [0.25, 0.3) is 6.33 Å². The number of benzene rings is 7. The highest BCUT2D eigenvalue weighted by atomic mass is 16.5. The second-order valence-corrected chi connectivity index (χ2v) is 15.6. The van der Waals surface area contributed by atoms with Crippen molar-refractivity contribution in [2.45, 2.75) is 19.3 Å². The normalized spacial score (nSPS) is 15.2. The van der Waals surface area contributed by atoms with E-state index in [1.165, 1.54) is 6.42 Å². The minimum Gasteiger partial charge on any atom is -0.458 e. The van der Waals surface area contributed by atoms with E-state index in [-0.39, 0.29) is 27.9 Å². The molecule has 62 heavy (non-hydrogen) atoms. The number of imidazole rings is 1. The maximum atomic E-state index is 9.11. The average molecular weight is 817 g/mol. The van der Waals surface area contributed by atoms with Crippen LogP contribution in [0.15, 0.2) is 182 Å². The Morgan fingerprint density at radius 3 is 2.06 bits per heavy atom. The standard InChI is InChI=1S/C55H46N6O/c1-57(2)50-27-16-28-51-55(50)60(54-45(39-17-6-3-7-18-39)24-15-25-46(54)40-19-8-4-9-20-40)38-59(51)42-21-14-22-43(35-42)62-44-29-30-48-47-23-10-11-26-49(47)61(52(48)37-44)53-36-41(31-32-56-53)58-33-12-5-13-34-58/h3-4,6-11,14-32,35-37H,5,12-13,33-34H2,1-2H3/i3D,4D,6D,7D,8D,9D,17D,18D,19D,20D. The maximum absolute atomic E-state index is 9.11. The predicted octanol–water partition coefficient (Wildman–Crippen LogP) is 12.4.